The zero-order valence-corrected chi connectivity index (χ0v) is 16.5. The summed E-state index contributed by atoms with van der Waals surface area (Å²) in [7, 11) is 3.09. The second-order valence-corrected chi connectivity index (χ2v) is 7.03. The van der Waals surface area contributed by atoms with Gasteiger partial charge in [-0.1, -0.05) is 18.2 Å². The van der Waals surface area contributed by atoms with Gasteiger partial charge < -0.3 is 9.64 Å². The van der Waals surface area contributed by atoms with Crippen LogP contribution >= 0.6 is 0 Å². The van der Waals surface area contributed by atoms with Crippen LogP contribution in [0.2, 0.25) is 0 Å². The Morgan fingerprint density at radius 3 is 2.63 bits per heavy atom. The number of pyridine rings is 1. The molecule has 2 heterocycles. The summed E-state index contributed by atoms with van der Waals surface area (Å²) in [5, 5.41) is 0. The molecule has 0 radical (unpaired) electrons. The molecule has 1 aliphatic heterocycles. The molecule has 1 aliphatic rings. The van der Waals surface area contributed by atoms with Gasteiger partial charge in [0, 0.05) is 31.4 Å². The van der Waals surface area contributed by atoms with Gasteiger partial charge in [0.25, 0.3) is 5.91 Å². The second-order valence-electron chi connectivity index (χ2n) is 7.03. The number of carbonyl (C=O) groups excluding carboxylic acids is 1. The van der Waals surface area contributed by atoms with Crippen LogP contribution in [0.4, 0.5) is 8.78 Å². The molecule has 0 unspecified atom stereocenters. The molecule has 2 aromatic carbocycles. The quantitative estimate of drug-likeness (QED) is 0.636. The molecule has 0 saturated carbocycles. The number of hydrogen-bond donors (Lipinski definition) is 0. The topological polar surface area (TPSA) is 54.8 Å². The average molecular weight is 407 g/mol. The maximum atomic E-state index is 13.6. The van der Waals surface area contributed by atoms with E-state index in [0.29, 0.717) is 18.7 Å². The van der Waals surface area contributed by atoms with Crippen LogP contribution in [0.5, 0.6) is 5.88 Å². The molecule has 0 saturated heterocycles. The Morgan fingerprint density at radius 1 is 1.13 bits per heavy atom. The van der Waals surface area contributed by atoms with Gasteiger partial charge in [0.05, 0.1) is 13.7 Å². The van der Waals surface area contributed by atoms with E-state index in [1.165, 1.54) is 25.3 Å². The first-order valence-electron chi connectivity index (χ1n) is 9.34. The molecule has 0 fully saturated rings. The van der Waals surface area contributed by atoms with Crippen molar-refractivity contribution >= 4 is 12.1 Å². The van der Waals surface area contributed by atoms with Crippen LogP contribution in [-0.4, -0.2) is 36.2 Å². The average Bonchev–Trinajstić information content (AvgIpc) is 3.22. The van der Waals surface area contributed by atoms with E-state index >= 15 is 0 Å². The van der Waals surface area contributed by atoms with Crippen molar-refractivity contribution in [1.29, 1.82) is 0 Å². The molecule has 1 amide bonds. The minimum Gasteiger partial charge on any atom is -0.481 e. The van der Waals surface area contributed by atoms with Crippen LogP contribution in [0.15, 0.2) is 53.5 Å². The first-order chi connectivity index (χ1) is 14.5. The van der Waals surface area contributed by atoms with Crippen LogP contribution in [-0.2, 0) is 13.1 Å². The van der Waals surface area contributed by atoms with Gasteiger partial charge in [0.1, 0.15) is 17.3 Å². The maximum absolute atomic E-state index is 13.6. The monoisotopic (exact) mass is 407 g/mol. The van der Waals surface area contributed by atoms with E-state index < -0.39 is 11.6 Å². The fraction of sp³-hybridized carbons (Fsp3) is 0.174. The van der Waals surface area contributed by atoms with Crippen LogP contribution < -0.4 is 4.74 Å². The minimum absolute atomic E-state index is 0.119. The molecule has 152 valence electrons. The SMILES string of the molecule is COc1nc(C(=O)N(C)Cc2cccc3c2CN=C3)ccc1-c1cc(F)cc(F)c1. The van der Waals surface area contributed by atoms with Gasteiger partial charge >= 0.3 is 0 Å². The molecule has 0 aliphatic carbocycles. The van der Waals surface area contributed by atoms with E-state index in [9.17, 15) is 13.6 Å². The third kappa shape index (κ3) is 3.78. The van der Waals surface area contributed by atoms with Crippen LogP contribution in [0.1, 0.15) is 27.2 Å². The molecule has 0 spiro atoms. The molecular weight excluding hydrogens is 388 g/mol. The number of methoxy groups -OCH3 is 1. The zero-order valence-electron chi connectivity index (χ0n) is 16.5. The largest absolute Gasteiger partial charge is 0.481 e. The molecule has 5 nitrogen and oxygen atoms in total. The highest BCUT2D eigenvalue weighted by molar-refractivity contribution is 5.93. The van der Waals surface area contributed by atoms with Crippen LogP contribution in [0.3, 0.4) is 0 Å². The number of ether oxygens (including phenoxy) is 1. The Morgan fingerprint density at radius 2 is 1.90 bits per heavy atom. The van der Waals surface area contributed by atoms with Crippen molar-refractivity contribution in [1.82, 2.24) is 9.88 Å². The Kier molecular flexibility index (Phi) is 5.27. The summed E-state index contributed by atoms with van der Waals surface area (Å²) in [5.74, 6) is -1.58. The fourth-order valence-corrected chi connectivity index (χ4v) is 3.52. The molecule has 7 heteroatoms. The summed E-state index contributed by atoms with van der Waals surface area (Å²) < 4.78 is 32.5. The standard InChI is InChI=1S/C23H19F2N3O2/c1-28(13-15-5-3-4-14-11-26-12-20(14)15)23(29)21-7-6-19(22(27-21)30-2)16-8-17(24)10-18(25)9-16/h3-11H,12-13H2,1-2H3. The van der Waals surface area contributed by atoms with Crippen molar-refractivity contribution in [2.24, 2.45) is 4.99 Å². The zero-order chi connectivity index (χ0) is 21.3. The molecule has 3 aromatic rings. The molecular formula is C23H19F2N3O2. The van der Waals surface area contributed by atoms with Crippen LogP contribution in [0, 0.1) is 11.6 Å². The summed E-state index contributed by atoms with van der Waals surface area (Å²) in [5.41, 5.74) is 4.07. The number of aliphatic imine (C=N–C) groups is 1. The number of carbonyl (C=O) groups is 1. The lowest BCUT2D eigenvalue weighted by Gasteiger charge is -2.19. The smallest absolute Gasteiger partial charge is 0.272 e. The third-order valence-corrected chi connectivity index (χ3v) is 4.99. The summed E-state index contributed by atoms with van der Waals surface area (Å²) in [6, 6.07) is 12.2. The van der Waals surface area contributed by atoms with Crippen molar-refractivity contribution < 1.29 is 18.3 Å². The number of aromatic nitrogens is 1. The summed E-state index contributed by atoms with van der Waals surface area (Å²) >= 11 is 0. The molecule has 30 heavy (non-hydrogen) atoms. The van der Waals surface area contributed by atoms with Crippen molar-refractivity contribution in [3.05, 3.63) is 82.5 Å². The Bertz CT molecular complexity index is 1140. The van der Waals surface area contributed by atoms with Crippen molar-refractivity contribution in [3.8, 4) is 17.0 Å². The number of rotatable bonds is 5. The van der Waals surface area contributed by atoms with Gasteiger partial charge in [0.2, 0.25) is 5.88 Å². The van der Waals surface area contributed by atoms with E-state index in [2.05, 4.69) is 9.98 Å². The number of amides is 1. The van der Waals surface area contributed by atoms with Gasteiger partial charge in [-0.15, -0.1) is 0 Å². The first kappa shape index (κ1) is 19.7. The maximum Gasteiger partial charge on any atom is 0.272 e. The molecule has 1 aromatic heterocycles. The van der Waals surface area contributed by atoms with Crippen molar-refractivity contribution in [3.63, 3.8) is 0 Å². The second kappa shape index (κ2) is 8.02. The number of halogens is 2. The first-order valence-corrected chi connectivity index (χ1v) is 9.34. The number of nitrogens with zero attached hydrogens (tertiary/aromatic N) is 3. The highest BCUT2D eigenvalue weighted by atomic mass is 19.1. The summed E-state index contributed by atoms with van der Waals surface area (Å²) in [4.78, 5) is 23.1. The molecule has 0 atom stereocenters. The van der Waals surface area contributed by atoms with Gasteiger partial charge in [0.15, 0.2) is 0 Å². The lowest BCUT2D eigenvalue weighted by molar-refractivity contribution is 0.0778. The van der Waals surface area contributed by atoms with Gasteiger partial charge in [-0.05, 0) is 46.5 Å². The van der Waals surface area contributed by atoms with Gasteiger partial charge in [-0.25, -0.2) is 13.8 Å². The predicted molar refractivity (Wildman–Crippen MR) is 110 cm³/mol. The predicted octanol–water partition coefficient (Wildman–Crippen LogP) is 4.24. The van der Waals surface area contributed by atoms with Crippen LogP contribution in [0.25, 0.3) is 11.1 Å². The van der Waals surface area contributed by atoms with E-state index in [-0.39, 0.29) is 23.0 Å². The molecule has 0 N–H and O–H groups in total. The van der Waals surface area contributed by atoms with E-state index in [1.807, 2.05) is 24.4 Å². The highest BCUT2D eigenvalue weighted by Crippen LogP contribution is 2.30. The number of fused-ring (bicyclic) bond motifs is 1. The Balaban J connectivity index is 1.59. The Hall–Kier alpha value is -3.61. The van der Waals surface area contributed by atoms with Gasteiger partial charge in [-0.2, -0.15) is 0 Å². The fourth-order valence-electron chi connectivity index (χ4n) is 3.52. The lowest BCUT2D eigenvalue weighted by Crippen LogP contribution is -2.27. The number of hydrogen-bond acceptors (Lipinski definition) is 4. The number of benzene rings is 2. The summed E-state index contributed by atoms with van der Waals surface area (Å²) in [6.07, 6.45) is 1.83. The minimum atomic E-state index is -0.702. The van der Waals surface area contributed by atoms with E-state index in [4.69, 9.17) is 4.74 Å². The molecule has 4 rings (SSSR count). The highest BCUT2D eigenvalue weighted by Gasteiger charge is 2.19. The third-order valence-electron chi connectivity index (χ3n) is 4.99. The molecule has 0 bridgehead atoms. The van der Waals surface area contributed by atoms with E-state index in [1.54, 1.807) is 18.0 Å². The van der Waals surface area contributed by atoms with Crippen molar-refractivity contribution in [2.45, 2.75) is 13.1 Å². The lowest BCUT2D eigenvalue weighted by atomic mass is 10.0. The summed E-state index contributed by atoms with van der Waals surface area (Å²) in [6.45, 7) is 1.02. The van der Waals surface area contributed by atoms with Gasteiger partial charge in [-0.3, -0.25) is 9.79 Å². The normalized spacial score (nSPS) is 12.0. The Labute approximate surface area is 172 Å². The van der Waals surface area contributed by atoms with Crippen molar-refractivity contribution in [2.75, 3.05) is 14.2 Å². The van der Waals surface area contributed by atoms with E-state index in [0.717, 1.165) is 22.8 Å².